The average Bonchev–Trinajstić information content (AvgIpc) is 2.52. The summed E-state index contributed by atoms with van der Waals surface area (Å²) in [7, 11) is 0. The summed E-state index contributed by atoms with van der Waals surface area (Å²) in [6, 6.07) is -0.716. The van der Waals surface area contributed by atoms with Gasteiger partial charge in [0.05, 0.1) is 25.7 Å². The van der Waals surface area contributed by atoms with Crippen LogP contribution in [0.4, 0.5) is 0 Å². The highest BCUT2D eigenvalue weighted by molar-refractivity contribution is 5.75. The molecule has 0 aliphatic carbocycles. The molecule has 0 spiro atoms. The average molecular weight is 382 g/mol. The number of nitrogens with two attached hydrogens (primary N) is 2. The molecular weight excluding hydrogens is 356 g/mol. The smallest absolute Gasteiger partial charge is 0.320 e. The van der Waals surface area contributed by atoms with E-state index < -0.39 is 35.9 Å². The molecule has 0 aliphatic rings. The third-order valence-electron chi connectivity index (χ3n) is 2.39. The van der Waals surface area contributed by atoms with E-state index >= 15 is 0 Å². The molecule has 0 aromatic rings. The van der Waals surface area contributed by atoms with Crippen molar-refractivity contribution in [1.82, 2.24) is 0 Å². The van der Waals surface area contributed by atoms with Gasteiger partial charge in [0.25, 0.3) is 0 Å². The Morgan fingerprint density at radius 1 is 0.654 bits per heavy atom. The van der Waals surface area contributed by atoms with Gasteiger partial charge in [-0.1, -0.05) is 6.42 Å². The number of unbranched alkanes of at least 4 members (excludes halogenated alkanes) is 1. The van der Waals surface area contributed by atoms with Crippen LogP contribution >= 0.6 is 0 Å². The Kier molecular flexibility index (Phi) is 20.1. The largest absolute Gasteiger partial charge is 0.481 e. The minimum Gasteiger partial charge on any atom is -0.481 e. The molecule has 0 aliphatic heterocycles. The quantitative estimate of drug-likeness (QED) is 0.222. The van der Waals surface area contributed by atoms with Crippen molar-refractivity contribution in [3.8, 4) is 0 Å². The summed E-state index contributed by atoms with van der Waals surface area (Å²) < 4.78 is 0. The fourth-order valence-electron chi connectivity index (χ4n) is 1.06. The van der Waals surface area contributed by atoms with E-state index in [4.69, 9.17) is 37.0 Å². The Hall–Kier alpha value is -2.73. The Bertz CT molecular complexity index is 397. The van der Waals surface area contributed by atoms with E-state index in [0.29, 0.717) is 13.0 Å². The Morgan fingerprint density at radius 2 is 0.962 bits per heavy atom. The second-order valence-electron chi connectivity index (χ2n) is 4.80. The van der Waals surface area contributed by atoms with Crippen LogP contribution in [0, 0.1) is 0 Å². The van der Waals surface area contributed by atoms with E-state index in [-0.39, 0.29) is 25.7 Å². The summed E-state index contributed by atoms with van der Waals surface area (Å²) >= 11 is 0. The number of aliphatic carboxylic acids is 5. The molecule has 0 saturated carbocycles. The van der Waals surface area contributed by atoms with Crippen LogP contribution in [0.5, 0.6) is 0 Å². The molecule has 152 valence electrons. The van der Waals surface area contributed by atoms with Crippen molar-refractivity contribution in [2.24, 2.45) is 11.5 Å². The van der Waals surface area contributed by atoms with Gasteiger partial charge < -0.3 is 37.0 Å². The van der Waals surface area contributed by atoms with Crippen LogP contribution < -0.4 is 11.5 Å². The molecule has 0 amide bonds. The maximum Gasteiger partial charge on any atom is 0.320 e. The molecule has 0 aromatic heterocycles. The first-order valence-electron chi connectivity index (χ1n) is 7.49. The second-order valence-corrected chi connectivity index (χ2v) is 4.80. The first kappa shape index (κ1) is 28.1. The van der Waals surface area contributed by atoms with E-state index in [1.54, 1.807) is 0 Å². The molecule has 12 nitrogen and oxygen atoms in total. The fraction of sp³-hybridized carbons (Fsp3) is 0.643. The Labute approximate surface area is 149 Å². The molecule has 0 fully saturated rings. The maximum absolute atomic E-state index is 10.1. The lowest BCUT2D eigenvalue weighted by atomic mass is 10.1. The van der Waals surface area contributed by atoms with Crippen LogP contribution in [0.2, 0.25) is 0 Å². The minimum absolute atomic E-state index is 0.296. The van der Waals surface area contributed by atoms with Gasteiger partial charge in [-0.25, -0.2) is 0 Å². The lowest BCUT2D eigenvalue weighted by Crippen LogP contribution is -2.29. The van der Waals surface area contributed by atoms with Gasteiger partial charge in [0, 0.05) is 0 Å². The van der Waals surface area contributed by atoms with Crippen LogP contribution in [-0.2, 0) is 24.0 Å². The van der Waals surface area contributed by atoms with Crippen molar-refractivity contribution < 1.29 is 49.5 Å². The van der Waals surface area contributed by atoms with E-state index in [0.717, 1.165) is 12.8 Å². The van der Waals surface area contributed by atoms with Crippen molar-refractivity contribution in [2.45, 2.75) is 51.0 Å². The summed E-state index contributed by atoms with van der Waals surface area (Å²) in [5.41, 5.74) is 10.4. The van der Waals surface area contributed by atoms with Crippen molar-refractivity contribution in [1.29, 1.82) is 0 Å². The number of hydrogen-bond acceptors (Lipinski definition) is 7. The first-order valence-corrected chi connectivity index (χ1v) is 7.49. The van der Waals surface area contributed by atoms with Gasteiger partial charge in [-0.15, -0.1) is 0 Å². The van der Waals surface area contributed by atoms with E-state index in [9.17, 15) is 24.0 Å². The van der Waals surface area contributed by atoms with Crippen LogP contribution in [0.15, 0.2) is 0 Å². The highest BCUT2D eigenvalue weighted by Crippen LogP contribution is 1.97. The highest BCUT2D eigenvalue weighted by Gasteiger charge is 2.09. The van der Waals surface area contributed by atoms with Gasteiger partial charge in [0.15, 0.2) is 0 Å². The molecule has 0 aromatic carbocycles. The Balaban J connectivity index is -0.000000308. The number of carbonyl (C=O) groups is 5. The lowest BCUT2D eigenvalue weighted by molar-refractivity contribution is -0.143. The van der Waals surface area contributed by atoms with E-state index in [1.807, 2.05) is 0 Å². The molecule has 0 radical (unpaired) electrons. The highest BCUT2D eigenvalue weighted by atomic mass is 16.4. The topological polar surface area (TPSA) is 239 Å². The molecule has 0 saturated heterocycles. The van der Waals surface area contributed by atoms with Gasteiger partial charge in [-0.05, 0) is 19.4 Å². The standard InChI is InChI=1S/C6H14N2O2.2C4H6O4/c7-4-2-1-3-5(8)6(9)10;2*5-3(6)1-2-4(7)8/h5H,1-4,7-8H2,(H,9,10);2*1-2H2,(H,5,6)(H,7,8). The first-order chi connectivity index (χ1) is 11.9. The minimum atomic E-state index is -1.08. The van der Waals surface area contributed by atoms with Crippen molar-refractivity contribution in [3.63, 3.8) is 0 Å². The van der Waals surface area contributed by atoms with E-state index in [2.05, 4.69) is 0 Å². The van der Waals surface area contributed by atoms with Crippen molar-refractivity contribution in [2.75, 3.05) is 6.54 Å². The normalized spacial score (nSPS) is 10.2. The van der Waals surface area contributed by atoms with Crippen LogP contribution in [0.3, 0.4) is 0 Å². The monoisotopic (exact) mass is 382 g/mol. The number of carboxylic acid groups (broad SMARTS) is 5. The number of carboxylic acids is 5. The molecule has 1 unspecified atom stereocenters. The maximum atomic E-state index is 10.1. The predicted octanol–water partition coefficient (Wildman–Crippen LogP) is -0.601. The molecule has 12 heteroatoms. The van der Waals surface area contributed by atoms with Crippen molar-refractivity contribution >= 4 is 29.8 Å². The summed E-state index contributed by atoms with van der Waals surface area (Å²) in [5.74, 6) is -5.24. The summed E-state index contributed by atoms with van der Waals surface area (Å²) in [6.07, 6.45) is 0.979. The molecule has 0 heterocycles. The van der Waals surface area contributed by atoms with Crippen LogP contribution in [0.25, 0.3) is 0 Å². The number of hydrogen-bond donors (Lipinski definition) is 7. The van der Waals surface area contributed by atoms with Gasteiger partial charge >= 0.3 is 29.8 Å². The van der Waals surface area contributed by atoms with Crippen LogP contribution in [-0.4, -0.2) is 68.0 Å². The van der Waals surface area contributed by atoms with Crippen molar-refractivity contribution in [3.05, 3.63) is 0 Å². The third kappa shape index (κ3) is 33.0. The van der Waals surface area contributed by atoms with Gasteiger partial charge in [0.2, 0.25) is 0 Å². The summed E-state index contributed by atoms with van der Waals surface area (Å²) in [4.78, 5) is 48.7. The zero-order valence-electron chi connectivity index (χ0n) is 14.2. The van der Waals surface area contributed by atoms with Gasteiger partial charge in [-0.3, -0.25) is 24.0 Å². The molecule has 1 atom stereocenters. The SMILES string of the molecule is NCCCCC(N)C(=O)O.O=C(O)CCC(=O)O.O=C(O)CCC(=O)O. The lowest BCUT2D eigenvalue weighted by Gasteiger charge is -2.03. The molecule has 0 rings (SSSR count). The summed E-state index contributed by atoms with van der Waals surface area (Å²) in [6.45, 7) is 0.604. The van der Waals surface area contributed by atoms with Gasteiger partial charge in [0.1, 0.15) is 6.04 Å². The zero-order chi connectivity index (χ0) is 21.1. The van der Waals surface area contributed by atoms with Gasteiger partial charge in [-0.2, -0.15) is 0 Å². The van der Waals surface area contributed by atoms with E-state index in [1.165, 1.54) is 0 Å². The fourth-order valence-corrected chi connectivity index (χ4v) is 1.06. The molecule has 26 heavy (non-hydrogen) atoms. The zero-order valence-corrected chi connectivity index (χ0v) is 14.2. The predicted molar refractivity (Wildman–Crippen MR) is 87.5 cm³/mol. The van der Waals surface area contributed by atoms with Crippen LogP contribution in [0.1, 0.15) is 44.9 Å². The molecular formula is C14H26N2O10. The Morgan fingerprint density at radius 3 is 1.15 bits per heavy atom. The third-order valence-corrected chi connectivity index (χ3v) is 2.39. The summed E-state index contributed by atoms with van der Waals surface area (Å²) in [5, 5.41) is 39.9. The molecule has 0 bridgehead atoms. The number of rotatable bonds is 11. The second kappa shape index (κ2) is 18.6. The molecule has 9 N–H and O–H groups in total.